The minimum atomic E-state index is 0.517. The van der Waals surface area contributed by atoms with Gasteiger partial charge in [-0.2, -0.15) is 0 Å². The van der Waals surface area contributed by atoms with Gasteiger partial charge in [-0.15, -0.1) is 5.10 Å². The lowest BCUT2D eigenvalue weighted by atomic mass is 9.97. The largest absolute Gasteiger partial charge is 0.382 e. The summed E-state index contributed by atoms with van der Waals surface area (Å²) in [6, 6.07) is 0. The molecule has 0 bridgehead atoms. The summed E-state index contributed by atoms with van der Waals surface area (Å²) in [6.07, 6.45) is 3.68. The number of fused-ring (bicyclic) bond motifs is 1. The number of hydrogen-bond donors (Lipinski definition) is 1. The molecule has 0 saturated heterocycles. The van der Waals surface area contributed by atoms with Crippen LogP contribution >= 0.6 is 22.6 Å². The first-order valence-corrected chi connectivity index (χ1v) is 5.42. The summed E-state index contributed by atoms with van der Waals surface area (Å²) in [5, 5.41) is 3.97. The highest BCUT2D eigenvalue weighted by atomic mass is 127. The van der Waals surface area contributed by atoms with Gasteiger partial charge in [0.2, 0.25) is 6.41 Å². The average molecular weight is 291 g/mol. The molecule has 13 heavy (non-hydrogen) atoms. The molecule has 1 aliphatic rings. The number of nitrogens with two attached hydrogens (primary N) is 1. The number of carbonyl (C=O) groups excluding carboxylic acids is 1. The molecule has 1 atom stereocenters. The standard InChI is InChI=1S/C8H10IN3O/c9-5-1-2-7-6(3-5)8(10)11-12(7)4-13/h4-5H,1-3H2,(H2,10,11)/t5-/m0/s1. The average Bonchev–Trinajstić information content (AvgIpc) is 2.43. The predicted octanol–water partition coefficient (Wildman–Crippen LogP) is 0.796. The maximum atomic E-state index is 10.6. The van der Waals surface area contributed by atoms with E-state index < -0.39 is 0 Å². The number of alkyl halides is 1. The van der Waals surface area contributed by atoms with Crippen molar-refractivity contribution in [2.24, 2.45) is 0 Å². The van der Waals surface area contributed by atoms with Crippen molar-refractivity contribution in [1.82, 2.24) is 9.78 Å². The number of anilines is 1. The zero-order valence-electron chi connectivity index (χ0n) is 7.03. The van der Waals surface area contributed by atoms with Gasteiger partial charge in [-0.1, -0.05) is 22.6 Å². The van der Waals surface area contributed by atoms with Gasteiger partial charge < -0.3 is 5.73 Å². The lowest BCUT2D eigenvalue weighted by molar-refractivity contribution is 0.535. The molecular formula is C8H10IN3O. The molecule has 0 aromatic carbocycles. The van der Waals surface area contributed by atoms with Gasteiger partial charge in [0.05, 0.1) is 5.69 Å². The first-order chi connectivity index (χ1) is 6.22. The van der Waals surface area contributed by atoms with E-state index in [9.17, 15) is 4.79 Å². The summed E-state index contributed by atoms with van der Waals surface area (Å²) in [4.78, 5) is 10.6. The van der Waals surface area contributed by atoms with Gasteiger partial charge in [0.25, 0.3) is 0 Å². The fourth-order valence-electron chi connectivity index (χ4n) is 1.71. The molecule has 1 heterocycles. The summed E-state index contributed by atoms with van der Waals surface area (Å²) in [5.74, 6) is 0.517. The third-order valence-electron chi connectivity index (χ3n) is 2.37. The first kappa shape index (κ1) is 8.98. The van der Waals surface area contributed by atoms with E-state index in [1.54, 1.807) is 0 Å². The lowest BCUT2D eigenvalue weighted by Crippen LogP contribution is -2.15. The smallest absolute Gasteiger partial charge is 0.234 e. The molecule has 2 N–H and O–H groups in total. The van der Waals surface area contributed by atoms with Crippen molar-refractivity contribution < 1.29 is 4.79 Å². The van der Waals surface area contributed by atoms with Crippen LogP contribution in [0.1, 0.15) is 17.7 Å². The molecule has 1 aromatic heterocycles. The Labute approximate surface area is 89.6 Å². The van der Waals surface area contributed by atoms with Crippen molar-refractivity contribution in [1.29, 1.82) is 0 Å². The van der Waals surface area contributed by atoms with Gasteiger partial charge in [0.15, 0.2) is 0 Å². The third-order valence-corrected chi connectivity index (χ3v) is 3.43. The van der Waals surface area contributed by atoms with Crippen molar-refractivity contribution in [2.45, 2.75) is 23.2 Å². The van der Waals surface area contributed by atoms with E-state index in [0.717, 1.165) is 36.9 Å². The second-order valence-electron chi connectivity index (χ2n) is 3.20. The van der Waals surface area contributed by atoms with E-state index >= 15 is 0 Å². The Morgan fingerprint density at radius 3 is 3.15 bits per heavy atom. The Bertz CT molecular complexity index is 347. The van der Waals surface area contributed by atoms with Gasteiger partial charge in [0, 0.05) is 9.49 Å². The zero-order chi connectivity index (χ0) is 9.42. The van der Waals surface area contributed by atoms with Crippen LogP contribution in [0.4, 0.5) is 5.82 Å². The number of rotatable bonds is 1. The predicted molar refractivity (Wildman–Crippen MR) is 58.6 cm³/mol. The molecule has 5 heteroatoms. The highest BCUT2D eigenvalue weighted by Crippen LogP contribution is 2.28. The molecule has 0 unspecified atom stereocenters. The Hall–Kier alpha value is -0.590. The number of nitrogen functional groups attached to an aromatic ring is 1. The van der Waals surface area contributed by atoms with Crippen LogP contribution in [0.3, 0.4) is 0 Å². The fraction of sp³-hybridized carbons (Fsp3) is 0.500. The summed E-state index contributed by atoms with van der Waals surface area (Å²) in [7, 11) is 0. The monoisotopic (exact) mass is 291 g/mol. The number of aromatic nitrogens is 2. The summed E-state index contributed by atoms with van der Waals surface area (Å²) in [5.41, 5.74) is 7.77. The normalized spacial score (nSPS) is 21.2. The van der Waals surface area contributed by atoms with Crippen LogP contribution in [-0.4, -0.2) is 20.1 Å². The molecule has 70 valence electrons. The molecule has 0 radical (unpaired) electrons. The van der Waals surface area contributed by atoms with E-state index in [2.05, 4.69) is 27.7 Å². The molecular weight excluding hydrogens is 281 g/mol. The highest BCUT2D eigenvalue weighted by molar-refractivity contribution is 14.1. The number of hydrogen-bond acceptors (Lipinski definition) is 3. The van der Waals surface area contributed by atoms with Crippen LogP contribution in [0.2, 0.25) is 0 Å². The van der Waals surface area contributed by atoms with Crippen LogP contribution in [-0.2, 0) is 17.6 Å². The fourth-order valence-corrected chi connectivity index (χ4v) is 2.47. The highest BCUT2D eigenvalue weighted by Gasteiger charge is 2.23. The van der Waals surface area contributed by atoms with E-state index in [0.29, 0.717) is 9.74 Å². The van der Waals surface area contributed by atoms with Crippen molar-refractivity contribution in [3.8, 4) is 0 Å². The van der Waals surface area contributed by atoms with Gasteiger partial charge in [0.1, 0.15) is 5.82 Å². The molecule has 2 rings (SSSR count). The SMILES string of the molecule is Nc1nn(C=O)c2c1C[C@@H](I)CC2. The first-order valence-electron chi connectivity index (χ1n) is 4.17. The van der Waals surface area contributed by atoms with Crippen LogP contribution in [0.5, 0.6) is 0 Å². The topological polar surface area (TPSA) is 60.9 Å². The van der Waals surface area contributed by atoms with Crippen molar-refractivity contribution in [3.63, 3.8) is 0 Å². The van der Waals surface area contributed by atoms with Gasteiger partial charge >= 0.3 is 0 Å². The van der Waals surface area contributed by atoms with Crippen LogP contribution in [0.15, 0.2) is 0 Å². The summed E-state index contributed by atoms with van der Waals surface area (Å²) < 4.78 is 1.99. The molecule has 0 spiro atoms. The lowest BCUT2D eigenvalue weighted by Gasteiger charge is -2.16. The van der Waals surface area contributed by atoms with Gasteiger partial charge in [-0.3, -0.25) is 4.79 Å². The zero-order valence-corrected chi connectivity index (χ0v) is 9.19. The van der Waals surface area contributed by atoms with E-state index in [1.165, 1.54) is 4.68 Å². The number of halogens is 1. The van der Waals surface area contributed by atoms with Crippen molar-refractivity contribution >= 4 is 34.8 Å². The molecule has 0 aliphatic heterocycles. The van der Waals surface area contributed by atoms with Gasteiger partial charge in [-0.25, -0.2) is 4.68 Å². The summed E-state index contributed by atoms with van der Waals surface area (Å²) in [6.45, 7) is 0. The molecule has 4 nitrogen and oxygen atoms in total. The maximum absolute atomic E-state index is 10.6. The second kappa shape index (κ2) is 3.28. The minimum Gasteiger partial charge on any atom is -0.382 e. The minimum absolute atomic E-state index is 0.517. The molecule has 1 aromatic rings. The quantitative estimate of drug-likeness (QED) is 0.473. The van der Waals surface area contributed by atoms with Crippen LogP contribution < -0.4 is 5.73 Å². The third kappa shape index (κ3) is 1.45. The van der Waals surface area contributed by atoms with Crippen LogP contribution in [0.25, 0.3) is 0 Å². The maximum Gasteiger partial charge on any atom is 0.234 e. The molecule has 0 amide bonds. The Balaban J connectivity index is 2.47. The Kier molecular flexibility index (Phi) is 2.27. The van der Waals surface area contributed by atoms with Crippen LogP contribution in [0, 0.1) is 0 Å². The van der Waals surface area contributed by atoms with E-state index in [4.69, 9.17) is 5.73 Å². The second-order valence-corrected chi connectivity index (χ2v) is 4.96. The van der Waals surface area contributed by atoms with Crippen molar-refractivity contribution in [2.75, 3.05) is 5.73 Å². The van der Waals surface area contributed by atoms with Crippen molar-refractivity contribution in [3.05, 3.63) is 11.3 Å². The number of carbonyl (C=O) groups is 1. The van der Waals surface area contributed by atoms with E-state index in [1.807, 2.05) is 0 Å². The van der Waals surface area contributed by atoms with Gasteiger partial charge in [-0.05, 0) is 19.3 Å². The summed E-state index contributed by atoms with van der Waals surface area (Å²) >= 11 is 2.41. The molecule has 1 aliphatic carbocycles. The molecule has 0 fully saturated rings. The Morgan fingerprint density at radius 1 is 1.69 bits per heavy atom. The number of nitrogens with zero attached hydrogens (tertiary/aromatic N) is 2. The Morgan fingerprint density at radius 2 is 2.46 bits per heavy atom. The molecule has 0 saturated carbocycles. The van der Waals surface area contributed by atoms with E-state index in [-0.39, 0.29) is 0 Å².